The number of furan rings is 1. The Bertz CT molecular complexity index is 980. The second-order valence-electron chi connectivity index (χ2n) is 5.28. The van der Waals surface area contributed by atoms with E-state index in [0.717, 1.165) is 5.56 Å². The zero-order valence-corrected chi connectivity index (χ0v) is 14.9. The molecule has 3 aromatic rings. The SMILES string of the molecule is O=C(O)/C(=C/c1ccc(-c2ccccc2)o1)NC(=O)c1cncc(Br)c1. The number of carboxylic acid groups (broad SMARTS) is 1. The maximum Gasteiger partial charge on any atom is 0.352 e. The maximum atomic E-state index is 12.2. The van der Waals surface area contributed by atoms with Crippen LogP contribution in [0.4, 0.5) is 0 Å². The lowest BCUT2D eigenvalue weighted by Crippen LogP contribution is -2.27. The van der Waals surface area contributed by atoms with Crippen LogP contribution in [0.2, 0.25) is 0 Å². The molecule has 0 saturated heterocycles. The molecule has 0 atom stereocenters. The highest BCUT2D eigenvalue weighted by Gasteiger charge is 2.15. The molecule has 0 aliphatic carbocycles. The second-order valence-corrected chi connectivity index (χ2v) is 6.19. The van der Waals surface area contributed by atoms with E-state index < -0.39 is 11.9 Å². The molecule has 7 heteroatoms. The van der Waals surface area contributed by atoms with Crippen LogP contribution in [0.1, 0.15) is 16.1 Å². The van der Waals surface area contributed by atoms with Gasteiger partial charge in [-0.3, -0.25) is 9.78 Å². The number of aromatic nitrogens is 1. The van der Waals surface area contributed by atoms with Gasteiger partial charge in [0, 0.05) is 28.5 Å². The highest BCUT2D eigenvalue weighted by molar-refractivity contribution is 9.10. The number of carboxylic acids is 1. The zero-order valence-electron chi connectivity index (χ0n) is 13.3. The summed E-state index contributed by atoms with van der Waals surface area (Å²) in [5, 5.41) is 11.7. The summed E-state index contributed by atoms with van der Waals surface area (Å²) in [6.07, 6.45) is 4.14. The van der Waals surface area contributed by atoms with Crippen molar-refractivity contribution in [3.05, 3.63) is 82.4 Å². The molecule has 0 unspecified atom stereocenters. The van der Waals surface area contributed by atoms with Crippen molar-refractivity contribution >= 4 is 33.9 Å². The molecule has 0 aliphatic heterocycles. The number of nitrogens with zero attached hydrogens (tertiary/aromatic N) is 1. The Labute approximate surface area is 157 Å². The summed E-state index contributed by atoms with van der Waals surface area (Å²) in [4.78, 5) is 27.6. The smallest absolute Gasteiger partial charge is 0.352 e. The van der Waals surface area contributed by atoms with Gasteiger partial charge in [0.25, 0.3) is 5.91 Å². The van der Waals surface area contributed by atoms with Crippen molar-refractivity contribution in [2.45, 2.75) is 0 Å². The number of hydrogen-bond donors (Lipinski definition) is 2. The van der Waals surface area contributed by atoms with Gasteiger partial charge in [0.2, 0.25) is 0 Å². The average molecular weight is 413 g/mol. The monoisotopic (exact) mass is 412 g/mol. The summed E-state index contributed by atoms with van der Waals surface area (Å²) in [7, 11) is 0. The number of halogens is 1. The number of amides is 1. The van der Waals surface area contributed by atoms with Gasteiger partial charge in [-0.15, -0.1) is 0 Å². The lowest BCUT2D eigenvalue weighted by molar-refractivity contribution is -0.132. The fraction of sp³-hybridized carbons (Fsp3) is 0. The van der Waals surface area contributed by atoms with Gasteiger partial charge in [0.05, 0.1) is 5.56 Å². The first-order valence-electron chi connectivity index (χ1n) is 7.55. The number of hydrogen-bond acceptors (Lipinski definition) is 4. The first kappa shape index (κ1) is 17.6. The fourth-order valence-corrected chi connectivity index (χ4v) is 2.58. The van der Waals surface area contributed by atoms with Crippen LogP contribution in [0.5, 0.6) is 0 Å². The Kier molecular flexibility index (Phi) is 5.28. The molecule has 0 bridgehead atoms. The molecule has 2 aromatic heterocycles. The van der Waals surface area contributed by atoms with Gasteiger partial charge in [-0.05, 0) is 34.1 Å². The number of aliphatic carboxylic acids is 1. The topological polar surface area (TPSA) is 92.4 Å². The molecule has 0 saturated carbocycles. The largest absolute Gasteiger partial charge is 0.477 e. The fourth-order valence-electron chi connectivity index (χ4n) is 2.21. The third-order valence-electron chi connectivity index (χ3n) is 3.42. The molecular formula is C19H13BrN2O4. The van der Waals surface area contributed by atoms with Crippen LogP contribution < -0.4 is 5.32 Å². The Hall–Kier alpha value is -3.19. The van der Waals surface area contributed by atoms with E-state index in [9.17, 15) is 14.7 Å². The van der Waals surface area contributed by atoms with Gasteiger partial charge in [-0.1, -0.05) is 30.3 Å². The third-order valence-corrected chi connectivity index (χ3v) is 3.85. The van der Waals surface area contributed by atoms with Crippen LogP contribution in [0.15, 0.2) is 75.5 Å². The molecule has 0 spiro atoms. The van der Waals surface area contributed by atoms with Gasteiger partial charge in [-0.25, -0.2) is 4.79 Å². The molecule has 2 N–H and O–H groups in total. The van der Waals surface area contributed by atoms with Gasteiger partial charge in [0.1, 0.15) is 17.2 Å². The zero-order chi connectivity index (χ0) is 18.5. The van der Waals surface area contributed by atoms with E-state index in [2.05, 4.69) is 26.2 Å². The number of nitrogens with one attached hydrogen (secondary N) is 1. The Morgan fingerprint density at radius 1 is 1.12 bits per heavy atom. The number of pyridine rings is 1. The van der Waals surface area contributed by atoms with Crippen molar-refractivity contribution < 1.29 is 19.1 Å². The van der Waals surface area contributed by atoms with Crippen LogP contribution in [-0.2, 0) is 4.79 Å². The van der Waals surface area contributed by atoms with Crippen molar-refractivity contribution in [2.24, 2.45) is 0 Å². The molecule has 130 valence electrons. The third kappa shape index (κ3) is 4.25. The molecule has 0 fully saturated rings. The summed E-state index contributed by atoms with van der Waals surface area (Å²) in [5.74, 6) is -0.945. The summed E-state index contributed by atoms with van der Waals surface area (Å²) < 4.78 is 6.26. The molecule has 0 radical (unpaired) electrons. The van der Waals surface area contributed by atoms with E-state index >= 15 is 0 Å². The first-order valence-corrected chi connectivity index (χ1v) is 8.34. The van der Waals surface area contributed by atoms with E-state index in [-0.39, 0.29) is 11.3 Å². The van der Waals surface area contributed by atoms with Crippen molar-refractivity contribution in [1.29, 1.82) is 0 Å². The minimum Gasteiger partial charge on any atom is -0.477 e. The normalized spacial score (nSPS) is 11.2. The van der Waals surface area contributed by atoms with E-state index in [1.165, 1.54) is 18.5 Å². The maximum absolute atomic E-state index is 12.2. The Morgan fingerprint density at radius 3 is 2.58 bits per heavy atom. The summed E-state index contributed by atoms with van der Waals surface area (Å²) in [6, 6.07) is 14.3. The lowest BCUT2D eigenvalue weighted by Gasteiger charge is -2.05. The molecule has 1 amide bonds. The molecule has 0 aliphatic rings. The highest BCUT2D eigenvalue weighted by Crippen LogP contribution is 2.23. The minimum atomic E-state index is -1.28. The first-order chi connectivity index (χ1) is 12.5. The lowest BCUT2D eigenvalue weighted by atomic mass is 10.2. The molecule has 2 heterocycles. The predicted octanol–water partition coefficient (Wildman–Crippen LogP) is 3.96. The molecule has 26 heavy (non-hydrogen) atoms. The van der Waals surface area contributed by atoms with Crippen LogP contribution in [0.25, 0.3) is 17.4 Å². The van der Waals surface area contributed by atoms with Crippen molar-refractivity contribution in [2.75, 3.05) is 0 Å². The summed E-state index contributed by atoms with van der Waals surface area (Å²) in [6.45, 7) is 0. The number of carbonyl (C=O) groups excluding carboxylic acids is 1. The molecule has 6 nitrogen and oxygen atoms in total. The van der Waals surface area contributed by atoms with Crippen molar-refractivity contribution in [3.8, 4) is 11.3 Å². The van der Waals surface area contributed by atoms with E-state index in [1.807, 2.05) is 30.3 Å². The number of rotatable bonds is 5. The quantitative estimate of drug-likeness (QED) is 0.618. The second kappa shape index (κ2) is 7.79. The Morgan fingerprint density at radius 2 is 1.88 bits per heavy atom. The van der Waals surface area contributed by atoms with Crippen molar-refractivity contribution in [3.63, 3.8) is 0 Å². The Balaban J connectivity index is 1.83. The van der Waals surface area contributed by atoms with E-state index in [1.54, 1.807) is 18.2 Å². The van der Waals surface area contributed by atoms with Gasteiger partial charge >= 0.3 is 5.97 Å². The molecule has 1 aromatic carbocycles. The summed E-state index contributed by atoms with van der Waals surface area (Å²) in [5.41, 5.74) is 0.799. The van der Waals surface area contributed by atoms with Crippen LogP contribution in [-0.4, -0.2) is 22.0 Å². The van der Waals surface area contributed by atoms with E-state index in [4.69, 9.17) is 4.42 Å². The van der Waals surface area contributed by atoms with Gasteiger partial charge in [-0.2, -0.15) is 0 Å². The van der Waals surface area contributed by atoms with Crippen LogP contribution in [0.3, 0.4) is 0 Å². The van der Waals surface area contributed by atoms with Crippen LogP contribution in [0, 0.1) is 0 Å². The molecule has 3 rings (SSSR count). The average Bonchev–Trinajstić information content (AvgIpc) is 3.10. The predicted molar refractivity (Wildman–Crippen MR) is 99.2 cm³/mol. The van der Waals surface area contributed by atoms with Crippen molar-refractivity contribution in [1.82, 2.24) is 10.3 Å². The number of carbonyl (C=O) groups is 2. The van der Waals surface area contributed by atoms with E-state index in [0.29, 0.717) is 16.0 Å². The highest BCUT2D eigenvalue weighted by atomic mass is 79.9. The van der Waals surface area contributed by atoms with Gasteiger partial charge < -0.3 is 14.8 Å². The molecular weight excluding hydrogens is 400 g/mol. The summed E-state index contributed by atoms with van der Waals surface area (Å²) >= 11 is 3.22. The standard InChI is InChI=1S/C19H13BrN2O4/c20-14-8-13(10-21-11-14)18(23)22-16(19(24)25)9-15-6-7-17(26-15)12-4-2-1-3-5-12/h1-11H,(H,22,23)(H,24,25)/b16-9-. The van der Waals surface area contributed by atoms with Gasteiger partial charge in [0.15, 0.2) is 0 Å². The van der Waals surface area contributed by atoms with Crippen LogP contribution >= 0.6 is 15.9 Å². The minimum absolute atomic E-state index is 0.232. The number of benzene rings is 1.